The van der Waals surface area contributed by atoms with Crippen molar-refractivity contribution in [2.45, 2.75) is 40.0 Å². The van der Waals surface area contributed by atoms with Crippen LogP contribution in [-0.2, 0) is 27.3 Å². The van der Waals surface area contributed by atoms with Crippen molar-refractivity contribution in [2.24, 2.45) is 0 Å². The molecule has 0 amide bonds. The second-order valence-electron chi connectivity index (χ2n) is 9.42. The Morgan fingerprint density at radius 3 is 2.30 bits per heavy atom. The smallest absolute Gasteiger partial charge is 0.0920 e. The van der Waals surface area contributed by atoms with Gasteiger partial charge in [0.05, 0.1) is 9.52 Å². The Morgan fingerprint density at radius 2 is 1.57 bits per heavy atom. The predicted octanol–water partition coefficient (Wildman–Crippen LogP) is 8.72. The molecule has 1 aliphatic rings. The first-order chi connectivity index (χ1) is 18.0. The molecule has 0 nitrogen and oxygen atoms in total. The first kappa shape index (κ1) is 28.2. The Labute approximate surface area is 242 Å². The van der Waals surface area contributed by atoms with E-state index in [1.165, 1.54) is 60.1 Å². The molecule has 0 bridgehead atoms. The molecule has 1 heterocycles. The zero-order valence-corrected chi connectivity index (χ0v) is 26.7. The van der Waals surface area contributed by atoms with Gasteiger partial charge in [0.15, 0.2) is 0 Å². The van der Waals surface area contributed by atoms with Gasteiger partial charge in [-0.05, 0) is 30.4 Å². The van der Waals surface area contributed by atoms with Crippen LogP contribution in [0.4, 0.5) is 0 Å². The van der Waals surface area contributed by atoms with Gasteiger partial charge in [-0.25, -0.2) is 0 Å². The summed E-state index contributed by atoms with van der Waals surface area (Å²) in [6.45, 7) is 9.00. The van der Waals surface area contributed by atoms with Gasteiger partial charge in [0, 0.05) is 0 Å². The Morgan fingerprint density at radius 1 is 0.892 bits per heavy atom. The fourth-order valence-electron chi connectivity index (χ4n) is 4.97. The molecule has 4 heteroatoms. The van der Waals surface area contributed by atoms with Gasteiger partial charge in [0.2, 0.25) is 0 Å². The number of hydrogen-bond acceptors (Lipinski definition) is 0. The molecule has 0 saturated heterocycles. The minimum absolute atomic E-state index is 0.538. The third-order valence-electron chi connectivity index (χ3n) is 6.75. The summed E-state index contributed by atoms with van der Waals surface area (Å²) < 4.78 is 0. The van der Waals surface area contributed by atoms with Crippen LogP contribution in [0.1, 0.15) is 43.4 Å². The Balaban J connectivity index is 0.000000170. The predicted molar refractivity (Wildman–Crippen MR) is 161 cm³/mol. The summed E-state index contributed by atoms with van der Waals surface area (Å²) >= 11 is -0.826. The standard InChI is InChI=1S/C21H23.C12H7Si.2ClH.Zr/c1-5-16-12-17-11-10-15(4)21(20(17)13-16)19-9-7-6-8-18(19)14(2)3;1-3-7-11-9(5-1)10-6-2-4-8-12(10)13-11;;;/h6-14H,5H2,1-4H3;1-7H;2*1H;/q2*-1;;;+4/p-2. The van der Waals surface area contributed by atoms with Crippen LogP contribution in [0.25, 0.3) is 33.0 Å². The maximum Gasteiger partial charge on any atom is 0.0920 e. The number of fused-ring (bicyclic) bond motifs is 4. The second-order valence-corrected chi connectivity index (χ2v) is 14.4. The molecule has 0 unspecified atom stereocenters. The summed E-state index contributed by atoms with van der Waals surface area (Å²) in [5, 5.41) is 5.59. The SMILES string of the molecule is CCc1cc2c(-c3ccccc3C(C)C)c(C)ccc2[cH-]1.[Cl][Zr+2][Cl].[c-]1cccc2c1[Si]c1ccccc1-2. The van der Waals surface area contributed by atoms with Gasteiger partial charge >= 0.3 is 37.9 Å². The molecule has 1 aliphatic heterocycles. The van der Waals surface area contributed by atoms with Crippen molar-refractivity contribution in [1.29, 1.82) is 0 Å². The Kier molecular flexibility index (Phi) is 10.1. The quantitative estimate of drug-likeness (QED) is 0.138. The average molecular weight is 617 g/mol. The summed E-state index contributed by atoms with van der Waals surface area (Å²) in [7, 11) is 10.7. The van der Waals surface area contributed by atoms with Crippen LogP contribution >= 0.6 is 17.0 Å². The number of halogens is 2. The van der Waals surface area contributed by atoms with E-state index in [1.807, 2.05) is 6.07 Å². The summed E-state index contributed by atoms with van der Waals surface area (Å²) in [4.78, 5) is 0. The molecule has 5 aromatic carbocycles. The molecule has 0 saturated carbocycles. The monoisotopic (exact) mass is 614 g/mol. The molecular weight excluding hydrogens is 587 g/mol. The van der Waals surface area contributed by atoms with E-state index in [0.29, 0.717) is 5.92 Å². The first-order valence-corrected chi connectivity index (χ1v) is 19.9. The van der Waals surface area contributed by atoms with E-state index >= 15 is 0 Å². The van der Waals surface area contributed by atoms with Crippen LogP contribution in [0, 0.1) is 13.0 Å². The molecule has 0 spiro atoms. The molecule has 0 atom stereocenters. The molecule has 37 heavy (non-hydrogen) atoms. The third-order valence-corrected chi connectivity index (χ3v) is 8.12. The van der Waals surface area contributed by atoms with Crippen LogP contribution in [-0.4, -0.2) is 9.52 Å². The van der Waals surface area contributed by atoms with E-state index in [4.69, 9.17) is 17.0 Å². The Bertz CT molecular complexity index is 1440. The number of rotatable bonds is 3. The van der Waals surface area contributed by atoms with Gasteiger partial charge in [0.25, 0.3) is 0 Å². The minimum atomic E-state index is -0.826. The average Bonchev–Trinajstić information content (AvgIpc) is 3.51. The van der Waals surface area contributed by atoms with Crippen molar-refractivity contribution in [2.75, 3.05) is 0 Å². The van der Waals surface area contributed by atoms with Crippen LogP contribution in [0.5, 0.6) is 0 Å². The normalized spacial score (nSPS) is 11.1. The van der Waals surface area contributed by atoms with E-state index < -0.39 is 20.8 Å². The van der Waals surface area contributed by atoms with E-state index in [1.54, 1.807) is 0 Å². The zero-order valence-electron chi connectivity index (χ0n) is 21.7. The molecule has 0 aromatic heterocycles. The topological polar surface area (TPSA) is 0 Å². The van der Waals surface area contributed by atoms with Crippen molar-refractivity contribution in [3.8, 4) is 22.3 Å². The largest absolute Gasteiger partial charge is 0.184 e. The molecule has 0 aliphatic carbocycles. The van der Waals surface area contributed by atoms with E-state index in [-0.39, 0.29) is 0 Å². The third kappa shape index (κ3) is 6.43. The number of aryl methyl sites for hydroxylation is 2. The summed E-state index contributed by atoms with van der Waals surface area (Å²) in [5.74, 6) is 0.538. The van der Waals surface area contributed by atoms with Gasteiger partial charge in [-0.1, -0.05) is 91.2 Å². The van der Waals surface area contributed by atoms with Gasteiger partial charge in [-0.15, -0.1) is 40.1 Å². The van der Waals surface area contributed by atoms with Gasteiger partial charge in [0.1, 0.15) is 0 Å². The minimum Gasteiger partial charge on any atom is -0.184 e. The molecule has 2 radical (unpaired) electrons. The molecular formula is C33H30Cl2SiZr. The molecule has 6 rings (SSSR count). The van der Waals surface area contributed by atoms with Crippen molar-refractivity contribution in [1.82, 2.24) is 0 Å². The fraction of sp³-hybridized carbons (Fsp3) is 0.182. The van der Waals surface area contributed by atoms with Crippen molar-refractivity contribution < 1.29 is 20.8 Å². The summed E-state index contributed by atoms with van der Waals surface area (Å²) in [5.41, 5.74) is 9.81. The second kappa shape index (κ2) is 13.3. The van der Waals surface area contributed by atoms with Crippen molar-refractivity contribution in [3.05, 3.63) is 114 Å². The molecule has 0 fully saturated rings. The van der Waals surface area contributed by atoms with Crippen molar-refractivity contribution >= 4 is 47.7 Å². The molecule has 184 valence electrons. The van der Waals surface area contributed by atoms with Gasteiger partial charge in [-0.2, -0.15) is 35.5 Å². The van der Waals surface area contributed by atoms with E-state index in [2.05, 4.69) is 119 Å². The fourth-order valence-corrected chi connectivity index (χ4v) is 6.28. The molecule has 5 aromatic rings. The molecule has 0 N–H and O–H groups in total. The van der Waals surface area contributed by atoms with Crippen LogP contribution < -0.4 is 10.4 Å². The number of benzene rings is 4. The van der Waals surface area contributed by atoms with Gasteiger partial charge < -0.3 is 0 Å². The number of hydrogen-bond donors (Lipinski definition) is 0. The van der Waals surface area contributed by atoms with E-state index in [0.717, 1.165) is 15.9 Å². The zero-order chi connectivity index (χ0) is 26.4. The van der Waals surface area contributed by atoms with Crippen molar-refractivity contribution in [3.63, 3.8) is 0 Å². The van der Waals surface area contributed by atoms with Crippen LogP contribution in [0.2, 0.25) is 0 Å². The first-order valence-electron chi connectivity index (χ1n) is 12.6. The maximum absolute atomic E-state index is 4.93. The summed E-state index contributed by atoms with van der Waals surface area (Å²) in [6.07, 6.45) is 1.10. The van der Waals surface area contributed by atoms with Gasteiger partial charge in [-0.3, -0.25) is 0 Å². The maximum atomic E-state index is 4.93. The van der Waals surface area contributed by atoms with Crippen LogP contribution in [0.3, 0.4) is 0 Å². The van der Waals surface area contributed by atoms with E-state index in [9.17, 15) is 0 Å². The van der Waals surface area contributed by atoms with Crippen LogP contribution in [0.15, 0.2) is 91.0 Å². The Hall–Kier alpha value is -1.83. The summed E-state index contributed by atoms with van der Waals surface area (Å²) in [6, 6.07) is 36.2.